The maximum atomic E-state index is 12.2. The molecule has 0 bridgehead atoms. The highest BCUT2D eigenvalue weighted by Gasteiger charge is 2.46. The summed E-state index contributed by atoms with van der Waals surface area (Å²) in [5.74, 6) is 0.0694. The SMILES string of the molecule is CCCN(CCC)C(=O)C1(C#N)CCC1. The molecule has 0 spiro atoms. The van der Waals surface area contributed by atoms with Crippen LogP contribution in [0.1, 0.15) is 46.0 Å². The lowest BCUT2D eigenvalue weighted by atomic mass is 9.69. The molecule has 3 heteroatoms. The van der Waals surface area contributed by atoms with E-state index in [0.717, 1.165) is 45.2 Å². The molecule has 0 aromatic carbocycles. The minimum Gasteiger partial charge on any atom is -0.341 e. The number of carbonyl (C=O) groups is 1. The Kier molecular flexibility index (Phi) is 4.14. The van der Waals surface area contributed by atoms with Crippen molar-refractivity contribution < 1.29 is 4.79 Å². The van der Waals surface area contributed by atoms with E-state index in [1.165, 1.54) is 0 Å². The monoisotopic (exact) mass is 208 g/mol. The Morgan fingerprint density at radius 2 is 1.87 bits per heavy atom. The average molecular weight is 208 g/mol. The summed E-state index contributed by atoms with van der Waals surface area (Å²) >= 11 is 0. The van der Waals surface area contributed by atoms with Gasteiger partial charge >= 0.3 is 0 Å². The van der Waals surface area contributed by atoms with Crippen LogP contribution in [0.15, 0.2) is 0 Å². The first kappa shape index (κ1) is 12.0. The van der Waals surface area contributed by atoms with Crippen molar-refractivity contribution in [3.8, 4) is 6.07 Å². The van der Waals surface area contributed by atoms with E-state index in [0.29, 0.717) is 0 Å². The molecule has 1 aliphatic carbocycles. The molecule has 1 aliphatic rings. The van der Waals surface area contributed by atoms with Crippen LogP contribution in [-0.4, -0.2) is 23.9 Å². The molecule has 0 heterocycles. The zero-order valence-corrected chi connectivity index (χ0v) is 9.75. The Bertz CT molecular complexity index is 257. The highest BCUT2D eigenvalue weighted by molar-refractivity contribution is 5.86. The van der Waals surface area contributed by atoms with E-state index in [1.54, 1.807) is 0 Å². The molecule has 1 fully saturated rings. The van der Waals surface area contributed by atoms with Gasteiger partial charge in [0.2, 0.25) is 5.91 Å². The molecular weight excluding hydrogens is 188 g/mol. The van der Waals surface area contributed by atoms with Crippen LogP contribution in [0.3, 0.4) is 0 Å². The van der Waals surface area contributed by atoms with Gasteiger partial charge in [0.1, 0.15) is 5.41 Å². The molecule has 0 saturated heterocycles. The number of rotatable bonds is 5. The van der Waals surface area contributed by atoms with E-state index >= 15 is 0 Å². The van der Waals surface area contributed by atoms with Crippen LogP contribution in [0.25, 0.3) is 0 Å². The van der Waals surface area contributed by atoms with Gasteiger partial charge in [0, 0.05) is 13.1 Å². The minimum atomic E-state index is -0.662. The van der Waals surface area contributed by atoms with Gasteiger partial charge in [0.25, 0.3) is 0 Å². The number of carbonyl (C=O) groups excluding carboxylic acids is 1. The molecule has 0 aromatic heterocycles. The third-order valence-electron chi connectivity index (χ3n) is 3.10. The number of nitrogens with zero attached hydrogens (tertiary/aromatic N) is 2. The summed E-state index contributed by atoms with van der Waals surface area (Å²) in [5.41, 5.74) is -0.662. The number of hydrogen-bond acceptors (Lipinski definition) is 2. The van der Waals surface area contributed by atoms with Crippen molar-refractivity contribution in [2.45, 2.75) is 46.0 Å². The Balaban J connectivity index is 2.66. The summed E-state index contributed by atoms with van der Waals surface area (Å²) in [6, 6.07) is 2.22. The first-order valence-corrected chi connectivity index (χ1v) is 5.91. The highest BCUT2D eigenvalue weighted by Crippen LogP contribution is 2.41. The Morgan fingerprint density at radius 1 is 1.33 bits per heavy atom. The van der Waals surface area contributed by atoms with Gasteiger partial charge < -0.3 is 4.90 Å². The molecule has 0 radical (unpaired) electrons. The lowest BCUT2D eigenvalue weighted by Gasteiger charge is -2.38. The van der Waals surface area contributed by atoms with Crippen molar-refractivity contribution in [3.05, 3.63) is 0 Å². The summed E-state index contributed by atoms with van der Waals surface area (Å²) < 4.78 is 0. The molecule has 84 valence electrons. The summed E-state index contributed by atoms with van der Waals surface area (Å²) in [6.07, 6.45) is 4.46. The van der Waals surface area contributed by atoms with Crippen molar-refractivity contribution in [3.63, 3.8) is 0 Å². The van der Waals surface area contributed by atoms with Gasteiger partial charge in [-0.15, -0.1) is 0 Å². The van der Waals surface area contributed by atoms with Gasteiger partial charge in [-0.1, -0.05) is 13.8 Å². The molecule has 0 aliphatic heterocycles. The zero-order valence-electron chi connectivity index (χ0n) is 9.75. The van der Waals surface area contributed by atoms with Crippen molar-refractivity contribution in [2.75, 3.05) is 13.1 Å². The van der Waals surface area contributed by atoms with Crippen LogP contribution < -0.4 is 0 Å². The zero-order chi connectivity index (χ0) is 11.3. The normalized spacial score (nSPS) is 17.7. The van der Waals surface area contributed by atoms with Crippen molar-refractivity contribution >= 4 is 5.91 Å². The standard InChI is InChI=1S/C12H20N2O/c1-3-8-14(9-4-2)11(15)12(10-13)6-5-7-12/h3-9H2,1-2H3. The second-order valence-electron chi connectivity index (χ2n) is 4.34. The van der Waals surface area contributed by atoms with Gasteiger partial charge in [-0.2, -0.15) is 5.26 Å². The molecule has 0 unspecified atom stereocenters. The first-order valence-electron chi connectivity index (χ1n) is 5.91. The number of hydrogen-bond donors (Lipinski definition) is 0. The predicted octanol–water partition coefficient (Wildman–Crippen LogP) is 2.33. The van der Waals surface area contributed by atoms with Crippen LogP contribution in [0.4, 0.5) is 0 Å². The van der Waals surface area contributed by atoms with Crippen LogP contribution >= 0.6 is 0 Å². The van der Waals surface area contributed by atoms with E-state index in [2.05, 4.69) is 19.9 Å². The fraction of sp³-hybridized carbons (Fsp3) is 0.833. The van der Waals surface area contributed by atoms with Crippen molar-refractivity contribution in [1.82, 2.24) is 4.90 Å². The van der Waals surface area contributed by atoms with Crippen molar-refractivity contribution in [1.29, 1.82) is 5.26 Å². The summed E-state index contributed by atoms with van der Waals surface area (Å²) in [5, 5.41) is 9.09. The Hall–Kier alpha value is -1.04. The summed E-state index contributed by atoms with van der Waals surface area (Å²) in [7, 11) is 0. The molecule has 15 heavy (non-hydrogen) atoms. The molecule has 1 amide bonds. The number of nitriles is 1. The highest BCUT2D eigenvalue weighted by atomic mass is 16.2. The Labute approximate surface area is 92.1 Å². The molecule has 3 nitrogen and oxygen atoms in total. The van der Waals surface area contributed by atoms with Crippen LogP contribution in [-0.2, 0) is 4.79 Å². The molecule has 0 aromatic rings. The molecule has 1 rings (SSSR count). The van der Waals surface area contributed by atoms with Gasteiger partial charge in [-0.3, -0.25) is 4.79 Å². The quantitative estimate of drug-likeness (QED) is 0.696. The van der Waals surface area contributed by atoms with Gasteiger partial charge in [0.05, 0.1) is 6.07 Å². The third-order valence-corrected chi connectivity index (χ3v) is 3.10. The third kappa shape index (κ3) is 2.31. The fourth-order valence-corrected chi connectivity index (χ4v) is 2.06. The Morgan fingerprint density at radius 3 is 2.13 bits per heavy atom. The van der Waals surface area contributed by atoms with Gasteiger partial charge in [-0.05, 0) is 32.1 Å². The van der Waals surface area contributed by atoms with Gasteiger partial charge in [-0.25, -0.2) is 0 Å². The molecular formula is C12H20N2O. The van der Waals surface area contributed by atoms with Crippen LogP contribution in [0.5, 0.6) is 0 Å². The first-order chi connectivity index (χ1) is 7.20. The maximum Gasteiger partial charge on any atom is 0.243 e. The van der Waals surface area contributed by atoms with E-state index in [9.17, 15) is 4.79 Å². The second-order valence-corrected chi connectivity index (χ2v) is 4.34. The number of amides is 1. The molecule has 1 saturated carbocycles. The largest absolute Gasteiger partial charge is 0.341 e. The lowest BCUT2D eigenvalue weighted by molar-refractivity contribution is -0.143. The van der Waals surface area contributed by atoms with E-state index < -0.39 is 5.41 Å². The fourth-order valence-electron chi connectivity index (χ4n) is 2.06. The minimum absolute atomic E-state index is 0.0694. The van der Waals surface area contributed by atoms with E-state index in [4.69, 9.17) is 5.26 Å². The molecule has 0 N–H and O–H groups in total. The van der Waals surface area contributed by atoms with Crippen molar-refractivity contribution in [2.24, 2.45) is 5.41 Å². The predicted molar refractivity (Wildman–Crippen MR) is 59.1 cm³/mol. The second kappa shape index (κ2) is 5.16. The summed E-state index contributed by atoms with van der Waals surface area (Å²) in [6.45, 7) is 5.71. The maximum absolute atomic E-state index is 12.2. The van der Waals surface area contributed by atoms with Crippen LogP contribution in [0.2, 0.25) is 0 Å². The van der Waals surface area contributed by atoms with Crippen LogP contribution in [0, 0.1) is 16.7 Å². The smallest absolute Gasteiger partial charge is 0.243 e. The average Bonchev–Trinajstić information content (AvgIpc) is 2.16. The van der Waals surface area contributed by atoms with E-state index in [1.807, 2.05) is 4.90 Å². The topological polar surface area (TPSA) is 44.1 Å². The molecule has 0 atom stereocenters. The summed E-state index contributed by atoms with van der Waals surface area (Å²) in [4.78, 5) is 14.0. The lowest BCUT2D eigenvalue weighted by Crippen LogP contribution is -2.47. The van der Waals surface area contributed by atoms with Gasteiger partial charge in [0.15, 0.2) is 0 Å². The van der Waals surface area contributed by atoms with E-state index in [-0.39, 0.29) is 5.91 Å².